The second-order valence-electron chi connectivity index (χ2n) is 17.6. The fourth-order valence-electron chi connectivity index (χ4n) is 8.13. The zero-order valence-electron chi connectivity index (χ0n) is 35.5. The van der Waals surface area contributed by atoms with Gasteiger partial charge in [-0.25, -0.2) is 0 Å². The van der Waals surface area contributed by atoms with Crippen LogP contribution in [0.2, 0.25) is 0 Å². The minimum Gasteiger partial charge on any atom is -0.497 e. The lowest BCUT2D eigenvalue weighted by molar-refractivity contribution is -0.151. The van der Waals surface area contributed by atoms with Gasteiger partial charge in [0, 0.05) is 22.2 Å². The van der Waals surface area contributed by atoms with E-state index in [1.54, 1.807) is 7.11 Å². The van der Waals surface area contributed by atoms with Gasteiger partial charge in [-0.1, -0.05) is 66.2 Å². The van der Waals surface area contributed by atoms with Crippen molar-refractivity contribution >= 4 is 11.9 Å². The summed E-state index contributed by atoms with van der Waals surface area (Å²) in [4.78, 5) is 24.9. The summed E-state index contributed by atoms with van der Waals surface area (Å²) in [6, 6.07) is 32.2. The quantitative estimate of drug-likeness (QED) is 0.102. The fraction of sp³-hybridized carbons (Fsp3) is 0.458. The van der Waals surface area contributed by atoms with E-state index in [0.29, 0.717) is 13.2 Å². The largest absolute Gasteiger partial charge is 0.497 e. The smallest absolute Gasteiger partial charge is 0.310 e. The molecule has 2 unspecified atom stereocenters. The molecule has 2 aliphatic rings. The van der Waals surface area contributed by atoms with Crippen molar-refractivity contribution in [1.82, 2.24) is 10.6 Å². The molecule has 306 valence electrons. The fourth-order valence-corrected chi connectivity index (χ4v) is 8.13. The van der Waals surface area contributed by atoms with Gasteiger partial charge in [-0.15, -0.1) is 0 Å². The van der Waals surface area contributed by atoms with Crippen LogP contribution >= 0.6 is 0 Å². The zero-order valence-corrected chi connectivity index (χ0v) is 35.5. The predicted molar refractivity (Wildman–Crippen MR) is 227 cm³/mol. The van der Waals surface area contributed by atoms with Crippen molar-refractivity contribution in [3.8, 4) is 39.5 Å². The SMILES string of the molecule is COc1ccc(-c2ccc(OCCOC(=O)C3CC(C)(C)NC3(C)C)cc2)cc1.Cc1ccc(-c2ccc(OCCOC(=O)C3CC(C)(C)NC3(C)C)cc2)cc1. The Kier molecular flexibility index (Phi) is 13.8. The number of rotatable bonds is 13. The van der Waals surface area contributed by atoms with Crippen molar-refractivity contribution < 1.29 is 33.3 Å². The summed E-state index contributed by atoms with van der Waals surface area (Å²) in [5, 5.41) is 7.01. The Morgan fingerprint density at radius 1 is 0.509 bits per heavy atom. The number of hydrogen-bond donors (Lipinski definition) is 2. The van der Waals surface area contributed by atoms with Crippen LogP contribution in [-0.2, 0) is 19.1 Å². The molecule has 4 aromatic carbocycles. The molecule has 6 rings (SSSR count). The Morgan fingerprint density at radius 3 is 1.12 bits per heavy atom. The minimum absolute atomic E-state index is 0.0527. The third-order valence-electron chi connectivity index (χ3n) is 10.8. The molecular formula is C48H62N2O7. The molecule has 2 saturated heterocycles. The van der Waals surface area contributed by atoms with Crippen molar-refractivity contribution in [3.05, 3.63) is 103 Å². The van der Waals surface area contributed by atoms with E-state index in [1.807, 2.05) is 72.8 Å². The van der Waals surface area contributed by atoms with Gasteiger partial charge in [-0.05, 0) is 134 Å². The van der Waals surface area contributed by atoms with E-state index >= 15 is 0 Å². The average molecular weight is 779 g/mol. The molecule has 0 amide bonds. The standard InChI is InChI=1S/C24H31NO4.C24H31NO3/c1-23(2)16-21(24(3,4)25-23)22(26)29-15-14-28-20-12-8-18(9-13-20)17-6-10-19(27-5)11-7-17;1-17-6-8-18(9-7-17)19-10-12-20(13-11-19)27-14-15-28-22(26)21-16-23(2,3)25-24(21,4)5/h6-13,21,25H,14-16H2,1-5H3;6-13,21,25H,14-16H2,1-5H3. The Morgan fingerprint density at radius 2 is 0.825 bits per heavy atom. The number of ether oxygens (including phenoxy) is 5. The van der Waals surface area contributed by atoms with Gasteiger partial charge in [0.05, 0.1) is 18.9 Å². The molecule has 0 spiro atoms. The number of carbonyl (C=O) groups excluding carboxylic acids is 2. The predicted octanol–water partition coefficient (Wildman–Crippen LogP) is 9.20. The number of benzene rings is 4. The van der Waals surface area contributed by atoms with Crippen molar-refractivity contribution in [2.45, 2.75) is 97.3 Å². The third-order valence-corrected chi connectivity index (χ3v) is 10.8. The molecule has 0 radical (unpaired) electrons. The number of hydrogen-bond acceptors (Lipinski definition) is 9. The van der Waals surface area contributed by atoms with Gasteiger partial charge < -0.3 is 34.3 Å². The molecule has 2 aliphatic heterocycles. The maximum Gasteiger partial charge on any atom is 0.310 e. The van der Waals surface area contributed by atoms with Crippen molar-refractivity contribution in [3.63, 3.8) is 0 Å². The van der Waals surface area contributed by atoms with E-state index < -0.39 is 0 Å². The lowest BCUT2D eigenvalue weighted by Gasteiger charge is -2.27. The summed E-state index contributed by atoms with van der Waals surface area (Å²) in [7, 11) is 1.66. The summed E-state index contributed by atoms with van der Waals surface area (Å²) >= 11 is 0. The normalized spacial score (nSPS) is 19.8. The van der Waals surface area contributed by atoms with Crippen LogP contribution in [0.1, 0.15) is 73.8 Å². The Labute approximate surface area is 339 Å². The van der Waals surface area contributed by atoms with Gasteiger partial charge in [-0.2, -0.15) is 0 Å². The van der Waals surface area contributed by atoms with Gasteiger partial charge in [0.15, 0.2) is 0 Å². The van der Waals surface area contributed by atoms with Gasteiger partial charge in [0.1, 0.15) is 43.7 Å². The highest BCUT2D eigenvalue weighted by Gasteiger charge is 2.49. The maximum absolute atomic E-state index is 12.5. The lowest BCUT2D eigenvalue weighted by Crippen LogP contribution is -2.46. The first-order valence-electron chi connectivity index (χ1n) is 20.0. The van der Waals surface area contributed by atoms with Crippen LogP contribution in [0.15, 0.2) is 97.1 Å². The first-order chi connectivity index (χ1) is 26.9. The molecule has 9 nitrogen and oxygen atoms in total. The molecule has 2 atom stereocenters. The van der Waals surface area contributed by atoms with Gasteiger partial charge in [0.2, 0.25) is 0 Å². The van der Waals surface area contributed by atoms with E-state index in [4.69, 9.17) is 23.7 Å². The Bertz CT molecular complexity index is 1920. The number of carbonyl (C=O) groups is 2. The molecule has 0 saturated carbocycles. The average Bonchev–Trinajstić information content (AvgIpc) is 3.55. The highest BCUT2D eigenvalue weighted by molar-refractivity contribution is 5.75. The highest BCUT2D eigenvalue weighted by Crippen LogP contribution is 2.37. The van der Waals surface area contributed by atoms with Crippen LogP contribution in [0.5, 0.6) is 17.2 Å². The monoisotopic (exact) mass is 778 g/mol. The molecule has 0 aromatic heterocycles. The van der Waals surface area contributed by atoms with Crippen molar-refractivity contribution in [2.24, 2.45) is 11.8 Å². The summed E-state index contributed by atoms with van der Waals surface area (Å²) in [6.07, 6.45) is 1.55. The number of nitrogens with one attached hydrogen (secondary N) is 2. The van der Waals surface area contributed by atoms with Crippen LogP contribution in [0.4, 0.5) is 0 Å². The first kappa shape index (κ1) is 43.3. The second kappa shape index (κ2) is 18.2. The van der Waals surface area contributed by atoms with E-state index in [2.05, 4.69) is 97.2 Å². The maximum atomic E-state index is 12.5. The van der Waals surface area contributed by atoms with Gasteiger partial charge in [0.25, 0.3) is 0 Å². The first-order valence-corrected chi connectivity index (χ1v) is 20.0. The molecule has 4 aromatic rings. The summed E-state index contributed by atoms with van der Waals surface area (Å²) in [5.74, 6) is 1.76. The van der Waals surface area contributed by atoms with E-state index in [-0.39, 0.29) is 59.1 Å². The van der Waals surface area contributed by atoms with Gasteiger partial charge in [-0.3, -0.25) is 9.59 Å². The Hall–Kier alpha value is -4.86. The van der Waals surface area contributed by atoms with E-state index in [1.165, 1.54) is 11.1 Å². The molecule has 57 heavy (non-hydrogen) atoms. The van der Waals surface area contributed by atoms with Crippen LogP contribution in [-0.4, -0.2) is 67.6 Å². The molecule has 2 fully saturated rings. The minimum atomic E-state index is -0.265. The van der Waals surface area contributed by atoms with Crippen LogP contribution in [0.25, 0.3) is 22.3 Å². The van der Waals surface area contributed by atoms with Crippen molar-refractivity contribution in [1.29, 1.82) is 0 Å². The highest BCUT2D eigenvalue weighted by atomic mass is 16.6. The molecule has 2 N–H and O–H groups in total. The topological polar surface area (TPSA) is 104 Å². The molecule has 0 aliphatic carbocycles. The number of methoxy groups -OCH3 is 1. The summed E-state index contributed by atoms with van der Waals surface area (Å²) < 4.78 is 27.6. The van der Waals surface area contributed by atoms with Crippen LogP contribution in [0.3, 0.4) is 0 Å². The van der Waals surface area contributed by atoms with Crippen LogP contribution in [0, 0.1) is 18.8 Å². The Balaban J connectivity index is 0.000000218. The summed E-state index contributed by atoms with van der Waals surface area (Å²) in [5.41, 5.74) is 5.16. The van der Waals surface area contributed by atoms with E-state index in [9.17, 15) is 9.59 Å². The number of esters is 2. The molecule has 0 bridgehead atoms. The molecule has 9 heteroatoms. The summed E-state index contributed by atoms with van der Waals surface area (Å²) in [6.45, 7) is 19.9. The molecular weight excluding hydrogens is 717 g/mol. The molecule has 2 heterocycles. The third kappa shape index (κ3) is 12.1. The van der Waals surface area contributed by atoms with Gasteiger partial charge >= 0.3 is 11.9 Å². The van der Waals surface area contributed by atoms with E-state index in [0.717, 1.165) is 46.8 Å². The second-order valence-corrected chi connectivity index (χ2v) is 17.6. The lowest BCUT2D eigenvalue weighted by atomic mass is 9.87. The number of aryl methyl sites for hydroxylation is 1. The van der Waals surface area contributed by atoms with Crippen LogP contribution < -0.4 is 24.8 Å². The zero-order chi connectivity index (χ0) is 41.4. The van der Waals surface area contributed by atoms with Crippen molar-refractivity contribution in [2.75, 3.05) is 33.5 Å².